The molecule has 0 aliphatic heterocycles. The van der Waals surface area contributed by atoms with E-state index in [1.807, 2.05) is 6.92 Å². The SMILES string of the molecule is Cc1cc(Oc2cc(Cl)c(Br)cc2Cl)ccc1C#N. The van der Waals surface area contributed by atoms with E-state index in [4.69, 9.17) is 33.2 Å². The second kappa shape index (κ2) is 5.83. The van der Waals surface area contributed by atoms with E-state index >= 15 is 0 Å². The van der Waals surface area contributed by atoms with Gasteiger partial charge in [-0.25, -0.2) is 0 Å². The molecule has 2 rings (SSSR count). The molecule has 96 valence electrons. The Balaban J connectivity index is 2.34. The first-order chi connectivity index (χ1) is 9.01. The van der Waals surface area contributed by atoms with Crippen LogP contribution in [0.2, 0.25) is 10.0 Å². The summed E-state index contributed by atoms with van der Waals surface area (Å²) < 4.78 is 6.39. The van der Waals surface area contributed by atoms with Crippen molar-refractivity contribution in [1.82, 2.24) is 0 Å². The van der Waals surface area contributed by atoms with E-state index in [0.717, 1.165) is 5.56 Å². The molecule has 0 N–H and O–H groups in total. The van der Waals surface area contributed by atoms with Gasteiger partial charge in [0.05, 0.1) is 21.7 Å². The Kier molecular flexibility index (Phi) is 4.36. The average molecular weight is 357 g/mol. The highest BCUT2D eigenvalue weighted by Gasteiger charge is 2.08. The van der Waals surface area contributed by atoms with Gasteiger partial charge in [-0.3, -0.25) is 0 Å². The van der Waals surface area contributed by atoms with Crippen LogP contribution < -0.4 is 4.74 Å². The average Bonchev–Trinajstić information content (AvgIpc) is 2.36. The normalized spacial score (nSPS) is 10.1. The van der Waals surface area contributed by atoms with Crippen molar-refractivity contribution in [2.75, 3.05) is 0 Å². The highest BCUT2D eigenvalue weighted by atomic mass is 79.9. The van der Waals surface area contributed by atoms with E-state index in [0.29, 0.717) is 31.6 Å². The summed E-state index contributed by atoms with van der Waals surface area (Å²) in [4.78, 5) is 0. The van der Waals surface area contributed by atoms with Gasteiger partial charge in [-0.05, 0) is 52.7 Å². The van der Waals surface area contributed by atoms with Crippen molar-refractivity contribution in [3.05, 3.63) is 56.0 Å². The standard InChI is InChI=1S/C14H8BrCl2NO/c1-8-4-10(3-2-9(8)7-18)19-14-6-12(16)11(15)5-13(14)17/h2-6H,1H3. The van der Waals surface area contributed by atoms with Crippen molar-refractivity contribution in [2.45, 2.75) is 6.92 Å². The first-order valence-corrected chi connectivity index (χ1v) is 6.89. The quantitative estimate of drug-likeness (QED) is 0.644. The molecule has 0 bridgehead atoms. The number of ether oxygens (including phenoxy) is 1. The van der Waals surface area contributed by atoms with Gasteiger partial charge in [-0.15, -0.1) is 0 Å². The Hall–Kier alpha value is -1.21. The minimum atomic E-state index is 0.457. The zero-order valence-electron chi connectivity index (χ0n) is 9.88. The van der Waals surface area contributed by atoms with Gasteiger partial charge in [0, 0.05) is 10.5 Å². The molecule has 0 aromatic heterocycles. The lowest BCUT2D eigenvalue weighted by Gasteiger charge is -2.10. The van der Waals surface area contributed by atoms with Gasteiger partial charge < -0.3 is 4.74 Å². The summed E-state index contributed by atoms with van der Waals surface area (Å²) in [5.41, 5.74) is 1.46. The fraction of sp³-hybridized carbons (Fsp3) is 0.0714. The zero-order valence-corrected chi connectivity index (χ0v) is 13.0. The number of nitrogens with zero attached hydrogens (tertiary/aromatic N) is 1. The number of nitriles is 1. The molecule has 2 nitrogen and oxygen atoms in total. The molecule has 0 saturated heterocycles. The molecule has 2 aromatic carbocycles. The maximum Gasteiger partial charge on any atom is 0.147 e. The molecule has 0 aliphatic rings. The maximum absolute atomic E-state index is 8.88. The van der Waals surface area contributed by atoms with Crippen LogP contribution in [0.3, 0.4) is 0 Å². The zero-order chi connectivity index (χ0) is 14.0. The predicted molar refractivity (Wildman–Crippen MR) is 80.1 cm³/mol. The van der Waals surface area contributed by atoms with Gasteiger partial charge in [0.25, 0.3) is 0 Å². The van der Waals surface area contributed by atoms with Gasteiger partial charge >= 0.3 is 0 Å². The third-order valence-electron chi connectivity index (χ3n) is 2.52. The van der Waals surface area contributed by atoms with E-state index in [-0.39, 0.29) is 0 Å². The van der Waals surface area contributed by atoms with Crippen molar-refractivity contribution >= 4 is 39.1 Å². The number of halogens is 3. The van der Waals surface area contributed by atoms with Crippen LogP contribution in [-0.2, 0) is 0 Å². The third kappa shape index (κ3) is 3.22. The molecule has 2 aromatic rings. The number of hydrogen-bond donors (Lipinski definition) is 0. The minimum absolute atomic E-state index is 0.457. The van der Waals surface area contributed by atoms with Crippen molar-refractivity contribution in [2.24, 2.45) is 0 Å². The summed E-state index contributed by atoms with van der Waals surface area (Å²) in [7, 11) is 0. The van der Waals surface area contributed by atoms with Crippen LogP contribution in [-0.4, -0.2) is 0 Å². The first-order valence-electron chi connectivity index (χ1n) is 5.34. The molecular formula is C14H8BrCl2NO. The summed E-state index contributed by atoms with van der Waals surface area (Å²) in [6.07, 6.45) is 0. The van der Waals surface area contributed by atoms with Gasteiger partial charge in [0.2, 0.25) is 0 Å². The Morgan fingerprint density at radius 3 is 2.53 bits per heavy atom. The van der Waals surface area contributed by atoms with Crippen molar-refractivity contribution in [1.29, 1.82) is 5.26 Å². The largest absolute Gasteiger partial charge is 0.456 e. The van der Waals surface area contributed by atoms with Crippen molar-refractivity contribution in [3.8, 4) is 17.6 Å². The fourth-order valence-corrected chi connectivity index (χ4v) is 2.37. The Bertz CT molecular complexity index is 680. The Morgan fingerprint density at radius 2 is 1.89 bits per heavy atom. The molecule has 5 heteroatoms. The smallest absolute Gasteiger partial charge is 0.147 e. The summed E-state index contributed by atoms with van der Waals surface area (Å²) in [5.74, 6) is 1.08. The predicted octanol–water partition coefficient (Wildman–Crippen LogP) is 5.73. The second-order valence-electron chi connectivity index (χ2n) is 3.89. The van der Waals surface area contributed by atoms with Gasteiger partial charge in [-0.2, -0.15) is 5.26 Å². The molecule has 0 heterocycles. The summed E-state index contributed by atoms with van der Waals surface area (Å²) in [6, 6.07) is 10.6. The van der Waals surface area contributed by atoms with Gasteiger partial charge in [0.1, 0.15) is 11.5 Å². The minimum Gasteiger partial charge on any atom is -0.456 e. The second-order valence-corrected chi connectivity index (χ2v) is 5.56. The summed E-state index contributed by atoms with van der Waals surface area (Å²) in [6.45, 7) is 1.85. The number of benzene rings is 2. The molecule has 0 unspecified atom stereocenters. The Morgan fingerprint density at radius 1 is 1.16 bits per heavy atom. The summed E-state index contributed by atoms with van der Waals surface area (Å²) >= 11 is 15.4. The molecule has 0 amide bonds. The van der Waals surface area contributed by atoms with Gasteiger partial charge in [0.15, 0.2) is 0 Å². The van der Waals surface area contributed by atoms with Crippen LogP contribution in [0, 0.1) is 18.3 Å². The van der Waals surface area contributed by atoms with Crippen molar-refractivity contribution in [3.63, 3.8) is 0 Å². The van der Waals surface area contributed by atoms with Crippen LogP contribution in [0.5, 0.6) is 11.5 Å². The topological polar surface area (TPSA) is 33.0 Å². The first kappa shape index (κ1) is 14.2. The van der Waals surface area contributed by atoms with Crippen LogP contribution >= 0.6 is 39.1 Å². The highest BCUT2D eigenvalue weighted by molar-refractivity contribution is 9.10. The molecule has 19 heavy (non-hydrogen) atoms. The highest BCUT2D eigenvalue weighted by Crippen LogP contribution is 2.36. The number of rotatable bonds is 2. The summed E-state index contributed by atoms with van der Waals surface area (Å²) in [5, 5.41) is 9.85. The van der Waals surface area contributed by atoms with Crippen LogP contribution in [0.15, 0.2) is 34.8 Å². The number of hydrogen-bond acceptors (Lipinski definition) is 2. The lowest BCUT2D eigenvalue weighted by atomic mass is 10.1. The monoisotopic (exact) mass is 355 g/mol. The molecule has 0 aliphatic carbocycles. The van der Waals surface area contributed by atoms with E-state index in [2.05, 4.69) is 22.0 Å². The molecule has 0 atom stereocenters. The molecule has 0 radical (unpaired) electrons. The van der Waals surface area contributed by atoms with E-state index < -0.39 is 0 Å². The Labute approximate surface area is 129 Å². The molecule has 0 spiro atoms. The fourth-order valence-electron chi connectivity index (χ4n) is 1.53. The van der Waals surface area contributed by atoms with E-state index in [1.54, 1.807) is 30.3 Å². The number of aryl methyl sites for hydroxylation is 1. The lowest BCUT2D eigenvalue weighted by molar-refractivity contribution is 0.482. The molecule has 0 fully saturated rings. The van der Waals surface area contributed by atoms with Crippen LogP contribution in [0.25, 0.3) is 0 Å². The van der Waals surface area contributed by atoms with Crippen molar-refractivity contribution < 1.29 is 4.74 Å². The lowest BCUT2D eigenvalue weighted by Crippen LogP contribution is -1.89. The van der Waals surface area contributed by atoms with Crippen LogP contribution in [0.1, 0.15) is 11.1 Å². The molecular weight excluding hydrogens is 349 g/mol. The van der Waals surface area contributed by atoms with E-state index in [9.17, 15) is 0 Å². The van der Waals surface area contributed by atoms with E-state index in [1.165, 1.54) is 0 Å². The van der Waals surface area contributed by atoms with Gasteiger partial charge in [-0.1, -0.05) is 23.2 Å². The third-order valence-corrected chi connectivity index (χ3v) is 4.01. The molecule has 0 saturated carbocycles. The van der Waals surface area contributed by atoms with Crippen LogP contribution in [0.4, 0.5) is 0 Å². The maximum atomic E-state index is 8.88.